The minimum atomic E-state index is -3.76. The quantitative estimate of drug-likeness (QED) is 0.679. The predicted molar refractivity (Wildman–Crippen MR) is 72.5 cm³/mol. The summed E-state index contributed by atoms with van der Waals surface area (Å²) in [4.78, 5) is 4.28. The molecule has 3 rings (SSSR count). The molecule has 1 aromatic heterocycles. The molecule has 0 radical (unpaired) electrons. The van der Waals surface area contributed by atoms with Crippen LogP contribution in [0, 0.1) is 0 Å². The third-order valence-electron chi connectivity index (χ3n) is 2.66. The molecule has 6 heteroatoms. The van der Waals surface area contributed by atoms with Gasteiger partial charge in [-0.25, -0.2) is 13.4 Å². The fraction of sp³-hybridized carbons (Fsp3) is 0. The monoisotopic (exact) mass is 293 g/mol. The van der Waals surface area contributed by atoms with E-state index in [1.807, 2.05) is 30.3 Å². The van der Waals surface area contributed by atoms with Crippen molar-refractivity contribution in [3.8, 4) is 11.5 Å². The molecule has 0 spiro atoms. The SMILES string of the molecule is O=S(=O)(Cl)c1ccc2oc(-c3ccccc3)nc2c1. The molecule has 0 unspecified atom stereocenters. The van der Waals surface area contributed by atoms with Crippen molar-refractivity contribution in [2.24, 2.45) is 0 Å². The number of rotatable bonds is 2. The zero-order valence-corrected chi connectivity index (χ0v) is 11.1. The Labute approximate surface area is 114 Å². The van der Waals surface area contributed by atoms with E-state index in [2.05, 4.69) is 4.98 Å². The van der Waals surface area contributed by atoms with Crippen LogP contribution in [0.1, 0.15) is 0 Å². The van der Waals surface area contributed by atoms with Crippen molar-refractivity contribution in [2.45, 2.75) is 4.90 Å². The number of hydrogen-bond donors (Lipinski definition) is 0. The van der Waals surface area contributed by atoms with Gasteiger partial charge >= 0.3 is 0 Å². The van der Waals surface area contributed by atoms with Crippen LogP contribution in [0.2, 0.25) is 0 Å². The number of nitrogens with zero attached hydrogens (tertiary/aromatic N) is 1. The molecule has 0 saturated carbocycles. The Kier molecular flexibility index (Phi) is 2.80. The lowest BCUT2D eigenvalue weighted by atomic mass is 10.2. The molecule has 96 valence electrons. The molecule has 0 fully saturated rings. The van der Waals surface area contributed by atoms with Gasteiger partial charge in [-0.2, -0.15) is 0 Å². The summed E-state index contributed by atoms with van der Waals surface area (Å²) in [5.41, 5.74) is 1.80. The van der Waals surface area contributed by atoms with Crippen LogP contribution in [-0.4, -0.2) is 13.4 Å². The van der Waals surface area contributed by atoms with Crippen LogP contribution >= 0.6 is 10.7 Å². The van der Waals surface area contributed by atoms with Gasteiger partial charge in [0.25, 0.3) is 9.05 Å². The highest BCUT2D eigenvalue weighted by atomic mass is 35.7. The average molecular weight is 294 g/mol. The Bertz CT molecular complexity index is 841. The Balaban J connectivity index is 2.17. The van der Waals surface area contributed by atoms with Crippen LogP contribution in [0.25, 0.3) is 22.6 Å². The molecule has 0 N–H and O–H groups in total. The van der Waals surface area contributed by atoms with Crippen molar-refractivity contribution in [1.82, 2.24) is 4.98 Å². The van der Waals surface area contributed by atoms with Crippen molar-refractivity contribution < 1.29 is 12.8 Å². The minimum Gasteiger partial charge on any atom is -0.436 e. The van der Waals surface area contributed by atoms with E-state index in [4.69, 9.17) is 15.1 Å². The number of fused-ring (bicyclic) bond motifs is 1. The van der Waals surface area contributed by atoms with Gasteiger partial charge in [-0.3, -0.25) is 0 Å². The summed E-state index contributed by atoms with van der Waals surface area (Å²) >= 11 is 0. The number of hydrogen-bond acceptors (Lipinski definition) is 4. The van der Waals surface area contributed by atoms with Crippen molar-refractivity contribution >= 4 is 30.8 Å². The third-order valence-corrected chi connectivity index (χ3v) is 4.01. The first kappa shape index (κ1) is 12.2. The van der Waals surface area contributed by atoms with Gasteiger partial charge in [0.05, 0.1) is 4.90 Å². The predicted octanol–water partition coefficient (Wildman–Crippen LogP) is 3.42. The highest BCUT2D eigenvalue weighted by molar-refractivity contribution is 8.13. The van der Waals surface area contributed by atoms with E-state index in [0.29, 0.717) is 17.0 Å². The second kappa shape index (κ2) is 4.36. The van der Waals surface area contributed by atoms with E-state index in [1.54, 1.807) is 6.07 Å². The maximum Gasteiger partial charge on any atom is 0.261 e. The maximum atomic E-state index is 11.3. The van der Waals surface area contributed by atoms with Crippen LogP contribution in [0.15, 0.2) is 57.8 Å². The minimum absolute atomic E-state index is 0.00887. The first-order valence-electron chi connectivity index (χ1n) is 5.45. The highest BCUT2D eigenvalue weighted by Crippen LogP contribution is 2.26. The fourth-order valence-corrected chi connectivity index (χ4v) is 2.53. The smallest absolute Gasteiger partial charge is 0.261 e. The standard InChI is InChI=1S/C13H8ClNO3S/c14-19(16,17)10-6-7-12-11(8-10)15-13(18-12)9-4-2-1-3-5-9/h1-8H. The lowest BCUT2D eigenvalue weighted by Gasteiger charge is -1.93. The number of oxazole rings is 1. The molecule has 4 nitrogen and oxygen atoms in total. The summed E-state index contributed by atoms with van der Waals surface area (Å²) < 4.78 is 28.1. The van der Waals surface area contributed by atoms with Crippen LogP contribution in [0.3, 0.4) is 0 Å². The van der Waals surface area contributed by atoms with E-state index in [1.165, 1.54) is 12.1 Å². The summed E-state index contributed by atoms with van der Waals surface area (Å²) in [6.45, 7) is 0. The molecule has 0 atom stereocenters. The Hall–Kier alpha value is -1.85. The van der Waals surface area contributed by atoms with Crippen LogP contribution in [-0.2, 0) is 9.05 Å². The number of halogens is 1. The average Bonchev–Trinajstić information content (AvgIpc) is 2.81. The summed E-state index contributed by atoms with van der Waals surface area (Å²) in [5.74, 6) is 0.444. The fourth-order valence-electron chi connectivity index (χ4n) is 1.76. The molecule has 0 saturated heterocycles. The first-order chi connectivity index (χ1) is 9.04. The van der Waals surface area contributed by atoms with Gasteiger partial charge in [0.1, 0.15) is 5.52 Å². The highest BCUT2D eigenvalue weighted by Gasteiger charge is 2.14. The molecular formula is C13H8ClNO3S. The van der Waals surface area contributed by atoms with Gasteiger partial charge in [-0.1, -0.05) is 18.2 Å². The first-order valence-corrected chi connectivity index (χ1v) is 7.76. The summed E-state index contributed by atoms with van der Waals surface area (Å²) in [7, 11) is 1.54. The molecule has 2 aromatic carbocycles. The van der Waals surface area contributed by atoms with E-state index in [0.717, 1.165) is 5.56 Å². The summed E-state index contributed by atoms with van der Waals surface area (Å²) in [5, 5.41) is 0. The topological polar surface area (TPSA) is 60.2 Å². The Morgan fingerprint density at radius 1 is 1.05 bits per heavy atom. The zero-order chi connectivity index (χ0) is 13.5. The normalized spacial score (nSPS) is 11.8. The van der Waals surface area contributed by atoms with Gasteiger partial charge in [-0.05, 0) is 30.3 Å². The van der Waals surface area contributed by atoms with Crippen LogP contribution in [0.4, 0.5) is 0 Å². The van der Waals surface area contributed by atoms with E-state index in [-0.39, 0.29) is 4.90 Å². The largest absolute Gasteiger partial charge is 0.436 e. The van der Waals surface area contributed by atoms with Gasteiger partial charge in [0.15, 0.2) is 5.58 Å². The third kappa shape index (κ3) is 2.34. The molecule has 3 aromatic rings. The second-order valence-electron chi connectivity index (χ2n) is 3.95. The van der Waals surface area contributed by atoms with Crippen LogP contribution in [0.5, 0.6) is 0 Å². The molecule has 0 aliphatic heterocycles. The van der Waals surface area contributed by atoms with Crippen molar-refractivity contribution in [3.05, 3.63) is 48.5 Å². The number of aromatic nitrogens is 1. The number of benzene rings is 2. The van der Waals surface area contributed by atoms with E-state index >= 15 is 0 Å². The Morgan fingerprint density at radius 2 is 1.79 bits per heavy atom. The van der Waals surface area contributed by atoms with Gasteiger partial charge in [0.2, 0.25) is 5.89 Å². The molecular weight excluding hydrogens is 286 g/mol. The maximum absolute atomic E-state index is 11.3. The Morgan fingerprint density at radius 3 is 2.47 bits per heavy atom. The summed E-state index contributed by atoms with van der Waals surface area (Å²) in [6.07, 6.45) is 0. The second-order valence-corrected chi connectivity index (χ2v) is 6.52. The van der Waals surface area contributed by atoms with Crippen molar-refractivity contribution in [2.75, 3.05) is 0 Å². The molecule has 19 heavy (non-hydrogen) atoms. The molecule has 0 bridgehead atoms. The molecule has 0 amide bonds. The van der Waals surface area contributed by atoms with Crippen LogP contribution < -0.4 is 0 Å². The summed E-state index contributed by atoms with van der Waals surface area (Å²) in [6, 6.07) is 13.7. The van der Waals surface area contributed by atoms with Gasteiger partial charge in [-0.15, -0.1) is 0 Å². The van der Waals surface area contributed by atoms with Crippen molar-refractivity contribution in [1.29, 1.82) is 0 Å². The lowest BCUT2D eigenvalue weighted by Crippen LogP contribution is -1.89. The van der Waals surface area contributed by atoms with Gasteiger partial charge < -0.3 is 4.42 Å². The molecule has 0 aliphatic rings. The molecule has 1 heterocycles. The molecule has 0 aliphatic carbocycles. The van der Waals surface area contributed by atoms with Gasteiger partial charge in [0, 0.05) is 16.2 Å². The zero-order valence-electron chi connectivity index (χ0n) is 9.58. The van der Waals surface area contributed by atoms with E-state index < -0.39 is 9.05 Å². The lowest BCUT2D eigenvalue weighted by molar-refractivity contribution is 0.609. The van der Waals surface area contributed by atoms with Crippen molar-refractivity contribution in [3.63, 3.8) is 0 Å². The van der Waals surface area contributed by atoms with E-state index in [9.17, 15) is 8.42 Å².